The highest BCUT2D eigenvalue weighted by Gasteiger charge is 2.47. The minimum absolute atomic E-state index is 0.0575. The quantitative estimate of drug-likeness (QED) is 0.584. The summed E-state index contributed by atoms with van der Waals surface area (Å²) in [5, 5.41) is 13.7. The van der Waals surface area contributed by atoms with Crippen LogP contribution in [0.3, 0.4) is 0 Å². The van der Waals surface area contributed by atoms with Gasteiger partial charge in [-0.2, -0.15) is 0 Å². The van der Waals surface area contributed by atoms with Gasteiger partial charge in [0.1, 0.15) is 17.3 Å². The molecule has 1 atom stereocenters. The Labute approximate surface area is 197 Å². The minimum atomic E-state index is -1.02. The van der Waals surface area contributed by atoms with Crippen molar-refractivity contribution in [3.8, 4) is 11.3 Å². The molecule has 1 aliphatic carbocycles. The highest BCUT2D eigenvalue weighted by molar-refractivity contribution is 5.85. The number of rotatable bonds is 5. The molecule has 8 nitrogen and oxygen atoms in total. The van der Waals surface area contributed by atoms with E-state index in [4.69, 9.17) is 14.0 Å². The zero-order chi connectivity index (χ0) is 23.3. The Kier molecular flexibility index (Phi) is 5.15. The zero-order valence-electron chi connectivity index (χ0n) is 19.1. The number of anilines is 1. The molecule has 1 saturated carbocycles. The van der Waals surface area contributed by atoms with Crippen LogP contribution in [-0.2, 0) is 9.47 Å². The maximum atomic E-state index is 11.3. The van der Waals surface area contributed by atoms with Crippen molar-refractivity contribution in [1.29, 1.82) is 0 Å². The molecule has 3 fully saturated rings. The van der Waals surface area contributed by atoms with Gasteiger partial charge in [-0.05, 0) is 50.3 Å². The highest BCUT2D eigenvalue weighted by atomic mass is 16.7. The summed E-state index contributed by atoms with van der Waals surface area (Å²) in [4.78, 5) is 17.7. The molecule has 6 rings (SSSR count). The first-order valence-electron chi connectivity index (χ1n) is 11.8. The molecule has 1 spiro atoms. The molecule has 3 aliphatic rings. The summed E-state index contributed by atoms with van der Waals surface area (Å²) < 4.78 is 18.8. The topological polar surface area (TPSA) is 97.9 Å². The molecule has 2 saturated heterocycles. The number of aromatic carboxylic acids is 1. The molecule has 3 aromatic rings. The van der Waals surface area contributed by atoms with Crippen molar-refractivity contribution in [2.45, 2.75) is 50.4 Å². The van der Waals surface area contributed by atoms with Crippen LogP contribution in [0.4, 0.5) is 5.82 Å². The fourth-order valence-corrected chi connectivity index (χ4v) is 5.00. The number of benzene rings is 1. The summed E-state index contributed by atoms with van der Waals surface area (Å²) >= 11 is 0. The van der Waals surface area contributed by atoms with E-state index in [1.807, 2.05) is 18.2 Å². The predicted octanol–water partition coefficient (Wildman–Crippen LogP) is 4.71. The maximum Gasteiger partial charge on any atom is 0.354 e. The monoisotopic (exact) mass is 461 g/mol. The average Bonchev–Trinajstić information content (AvgIpc) is 3.48. The number of hydrogen-bond acceptors (Lipinski definition) is 7. The first-order valence-corrected chi connectivity index (χ1v) is 11.8. The van der Waals surface area contributed by atoms with Crippen LogP contribution in [0.25, 0.3) is 11.3 Å². The fourth-order valence-electron chi connectivity index (χ4n) is 5.00. The summed E-state index contributed by atoms with van der Waals surface area (Å²) in [6.07, 6.45) is 3.24. The van der Waals surface area contributed by atoms with E-state index in [2.05, 4.69) is 34.1 Å². The smallest absolute Gasteiger partial charge is 0.354 e. The number of hydrogen-bond donors (Lipinski definition) is 1. The lowest BCUT2D eigenvalue weighted by molar-refractivity contribution is -0.0994. The fraction of sp³-hybridized carbons (Fsp3) is 0.423. The lowest BCUT2D eigenvalue weighted by Crippen LogP contribution is -2.46. The lowest BCUT2D eigenvalue weighted by atomic mass is 9.92. The van der Waals surface area contributed by atoms with E-state index >= 15 is 0 Å². The van der Waals surface area contributed by atoms with Crippen molar-refractivity contribution < 1.29 is 23.9 Å². The van der Waals surface area contributed by atoms with Gasteiger partial charge in [0, 0.05) is 24.6 Å². The second kappa shape index (κ2) is 8.21. The van der Waals surface area contributed by atoms with E-state index < -0.39 is 12.3 Å². The van der Waals surface area contributed by atoms with Gasteiger partial charge in [0.25, 0.3) is 0 Å². The van der Waals surface area contributed by atoms with Gasteiger partial charge in [0.05, 0.1) is 17.8 Å². The van der Waals surface area contributed by atoms with Crippen LogP contribution in [0.2, 0.25) is 0 Å². The van der Waals surface area contributed by atoms with Crippen LogP contribution in [0.5, 0.6) is 0 Å². The van der Waals surface area contributed by atoms with E-state index in [1.165, 1.54) is 6.07 Å². The molecule has 176 valence electrons. The second-order valence-corrected chi connectivity index (χ2v) is 9.52. The van der Waals surface area contributed by atoms with Crippen molar-refractivity contribution in [2.75, 3.05) is 24.6 Å². The van der Waals surface area contributed by atoms with Crippen LogP contribution in [-0.4, -0.2) is 46.5 Å². The number of nitrogens with zero attached hydrogens (tertiary/aromatic N) is 3. The summed E-state index contributed by atoms with van der Waals surface area (Å²) in [5.41, 5.74) is 3.60. The molecular weight excluding hydrogens is 434 g/mol. The number of aromatic nitrogens is 2. The van der Waals surface area contributed by atoms with Crippen molar-refractivity contribution in [3.63, 3.8) is 0 Å². The van der Waals surface area contributed by atoms with Crippen molar-refractivity contribution in [1.82, 2.24) is 10.1 Å². The van der Waals surface area contributed by atoms with Gasteiger partial charge in [-0.15, -0.1) is 0 Å². The summed E-state index contributed by atoms with van der Waals surface area (Å²) in [6, 6.07) is 13.3. The number of carboxylic acid groups (broad SMARTS) is 1. The van der Waals surface area contributed by atoms with Crippen LogP contribution < -0.4 is 4.90 Å². The number of piperidine rings is 1. The Hall–Kier alpha value is -3.23. The Bertz CT molecular complexity index is 1230. The summed E-state index contributed by atoms with van der Waals surface area (Å²) in [6.45, 7) is 4.02. The van der Waals surface area contributed by atoms with Gasteiger partial charge < -0.3 is 24.0 Å². The highest BCUT2D eigenvalue weighted by Crippen LogP contribution is 2.50. The number of ether oxygens (including phenoxy) is 2. The van der Waals surface area contributed by atoms with E-state index in [9.17, 15) is 9.90 Å². The molecule has 0 bridgehead atoms. The first-order chi connectivity index (χ1) is 16.5. The third-order valence-electron chi connectivity index (χ3n) is 7.15. The Balaban J connectivity index is 1.22. The van der Waals surface area contributed by atoms with Crippen LogP contribution in [0.1, 0.15) is 65.3 Å². The molecule has 34 heavy (non-hydrogen) atoms. The molecule has 2 aliphatic heterocycles. The lowest BCUT2D eigenvalue weighted by Gasteiger charge is -2.38. The third-order valence-corrected chi connectivity index (χ3v) is 7.15. The average molecular weight is 462 g/mol. The molecule has 8 heteroatoms. The van der Waals surface area contributed by atoms with E-state index in [0.717, 1.165) is 66.9 Å². The van der Waals surface area contributed by atoms with Gasteiger partial charge in [-0.1, -0.05) is 35.5 Å². The molecule has 0 radical (unpaired) electrons. The third kappa shape index (κ3) is 3.76. The van der Waals surface area contributed by atoms with Crippen LogP contribution in [0, 0.1) is 6.92 Å². The molecule has 4 heterocycles. The molecule has 2 aromatic heterocycles. The van der Waals surface area contributed by atoms with Crippen molar-refractivity contribution >= 4 is 11.8 Å². The SMILES string of the molecule is Cc1ccccc1-c1noc(C2CC2)c1C1OCC2(CCN(c3cccc(C(=O)O)n3)CC2)O1. The van der Waals surface area contributed by atoms with E-state index in [0.29, 0.717) is 18.3 Å². The zero-order valence-corrected chi connectivity index (χ0v) is 19.1. The van der Waals surface area contributed by atoms with Gasteiger partial charge in [-0.3, -0.25) is 0 Å². The molecule has 1 aromatic carbocycles. The van der Waals surface area contributed by atoms with Gasteiger partial charge in [0.15, 0.2) is 12.0 Å². The van der Waals surface area contributed by atoms with Gasteiger partial charge in [0.2, 0.25) is 0 Å². The van der Waals surface area contributed by atoms with Crippen molar-refractivity contribution in [3.05, 3.63) is 65.0 Å². The van der Waals surface area contributed by atoms with Crippen molar-refractivity contribution in [2.24, 2.45) is 0 Å². The van der Waals surface area contributed by atoms with Gasteiger partial charge in [-0.25, -0.2) is 9.78 Å². The summed E-state index contributed by atoms with van der Waals surface area (Å²) in [7, 11) is 0. The Morgan fingerprint density at radius 3 is 2.65 bits per heavy atom. The van der Waals surface area contributed by atoms with Crippen LogP contribution >= 0.6 is 0 Å². The van der Waals surface area contributed by atoms with Gasteiger partial charge >= 0.3 is 5.97 Å². The number of pyridine rings is 1. The van der Waals surface area contributed by atoms with E-state index in [-0.39, 0.29) is 11.3 Å². The first kappa shape index (κ1) is 21.3. The molecular formula is C26H27N3O5. The second-order valence-electron chi connectivity index (χ2n) is 9.52. The Morgan fingerprint density at radius 1 is 1.12 bits per heavy atom. The number of carbonyl (C=O) groups is 1. The maximum absolute atomic E-state index is 11.3. The minimum Gasteiger partial charge on any atom is -0.477 e. The standard InChI is InChI=1S/C26H27N3O5/c1-16-5-2-3-6-18(16)22-21(23(34-28-22)17-9-10-17)25-32-15-26(33-25)11-13-29(14-12-26)20-8-4-7-19(27-20)24(30)31/h2-8,17,25H,9-15H2,1H3,(H,30,31). The molecule has 1 unspecified atom stereocenters. The molecule has 1 N–H and O–H groups in total. The number of carboxylic acids is 1. The Morgan fingerprint density at radius 2 is 1.91 bits per heavy atom. The predicted molar refractivity (Wildman–Crippen MR) is 124 cm³/mol. The van der Waals surface area contributed by atoms with Crippen LogP contribution in [0.15, 0.2) is 47.0 Å². The van der Waals surface area contributed by atoms with E-state index in [1.54, 1.807) is 6.07 Å². The largest absolute Gasteiger partial charge is 0.477 e. The molecule has 0 amide bonds. The summed E-state index contributed by atoms with van der Waals surface area (Å²) in [5.74, 6) is 0.948. The number of aryl methyl sites for hydroxylation is 1. The normalized spacial score (nSPS) is 21.8.